The van der Waals surface area contributed by atoms with Crippen LogP contribution in [0.2, 0.25) is 10.0 Å². The van der Waals surface area contributed by atoms with E-state index >= 15 is 0 Å². The molecule has 0 radical (unpaired) electrons. The first-order valence-corrected chi connectivity index (χ1v) is 6.85. The molecule has 2 aromatic rings. The van der Waals surface area contributed by atoms with Crippen LogP contribution >= 0.6 is 23.2 Å². The SMILES string of the molecule is COC(=O)c1ccc(NC(=O)c2cc(Cl)c(O)c(Cl)c2)cc1. The largest absolute Gasteiger partial charge is 0.505 e. The van der Waals surface area contributed by atoms with Gasteiger partial charge in [-0.05, 0) is 36.4 Å². The van der Waals surface area contributed by atoms with Crippen LogP contribution in [0.3, 0.4) is 0 Å². The Hall–Kier alpha value is -2.24. The Bertz CT molecular complexity index is 706. The second-order valence-electron chi connectivity index (χ2n) is 4.31. The maximum absolute atomic E-state index is 12.1. The number of nitrogens with one attached hydrogen (secondary N) is 1. The molecule has 0 bridgehead atoms. The molecule has 0 spiro atoms. The van der Waals surface area contributed by atoms with Crippen molar-refractivity contribution in [3.63, 3.8) is 0 Å². The summed E-state index contributed by atoms with van der Waals surface area (Å²) in [6.07, 6.45) is 0. The lowest BCUT2D eigenvalue weighted by Gasteiger charge is -2.08. The van der Waals surface area contributed by atoms with Crippen LogP contribution in [0.5, 0.6) is 5.75 Å². The van der Waals surface area contributed by atoms with Crippen LogP contribution < -0.4 is 5.32 Å². The molecule has 0 fully saturated rings. The number of esters is 1. The number of aromatic hydroxyl groups is 1. The number of amides is 1. The third-order valence-electron chi connectivity index (χ3n) is 2.84. The van der Waals surface area contributed by atoms with Gasteiger partial charge in [-0.15, -0.1) is 0 Å². The molecule has 1 amide bonds. The van der Waals surface area contributed by atoms with Gasteiger partial charge in [-0.25, -0.2) is 4.79 Å². The number of phenolic OH excluding ortho intramolecular Hbond substituents is 1. The third kappa shape index (κ3) is 3.50. The van der Waals surface area contributed by atoms with Gasteiger partial charge >= 0.3 is 5.97 Å². The van der Waals surface area contributed by atoms with Crippen LogP contribution in [-0.2, 0) is 4.74 Å². The molecular formula is C15H11Cl2NO4. The molecule has 7 heteroatoms. The fourth-order valence-electron chi connectivity index (χ4n) is 1.71. The summed E-state index contributed by atoms with van der Waals surface area (Å²) < 4.78 is 4.58. The van der Waals surface area contributed by atoms with Gasteiger partial charge in [0.2, 0.25) is 0 Å². The van der Waals surface area contributed by atoms with Gasteiger partial charge in [0.1, 0.15) is 0 Å². The van der Waals surface area contributed by atoms with E-state index in [0.717, 1.165) is 0 Å². The van der Waals surface area contributed by atoms with Crippen molar-refractivity contribution in [3.05, 3.63) is 57.6 Å². The molecule has 0 unspecified atom stereocenters. The Morgan fingerprint density at radius 1 is 1.05 bits per heavy atom. The van der Waals surface area contributed by atoms with E-state index in [4.69, 9.17) is 23.2 Å². The number of ether oxygens (including phenoxy) is 1. The minimum atomic E-state index is -0.463. The van der Waals surface area contributed by atoms with E-state index < -0.39 is 11.9 Å². The van der Waals surface area contributed by atoms with Crippen LogP contribution in [0, 0.1) is 0 Å². The van der Waals surface area contributed by atoms with Crippen molar-refractivity contribution in [2.24, 2.45) is 0 Å². The first-order valence-electron chi connectivity index (χ1n) is 6.10. The zero-order valence-electron chi connectivity index (χ0n) is 11.4. The second-order valence-corrected chi connectivity index (χ2v) is 5.13. The summed E-state index contributed by atoms with van der Waals surface area (Å²) in [5, 5.41) is 12.1. The summed E-state index contributed by atoms with van der Waals surface area (Å²) in [4.78, 5) is 23.4. The second kappa shape index (κ2) is 6.68. The van der Waals surface area contributed by atoms with Gasteiger partial charge in [-0.3, -0.25) is 4.79 Å². The van der Waals surface area contributed by atoms with Gasteiger partial charge in [0.25, 0.3) is 5.91 Å². The number of anilines is 1. The average Bonchev–Trinajstić information content (AvgIpc) is 2.52. The number of carbonyl (C=O) groups excluding carboxylic acids is 2. The Morgan fingerprint density at radius 3 is 2.09 bits per heavy atom. The number of halogens is 2. The lowest BCUT2D eigenvalue weighted by atomic mass is 10.1. The zero-order chi connectivity index (χ0) is 16.3. The fourth-order valence-corrected chi connectivity index (χ4v) is 2.19. The fraction of sp³-hybridized carbons (Fsp3) is 0.0667. The monoisotopic (exact) mass is 339 g/mol. The van der Waals surface area contributed by atoms with E-state index in [9.17, 15) is 14.7 Å². The van der Waals surface area contributed by atoms with Crippen LogP contribution in [0.15, 0.2) is 36.4 Å². The Balaban J connectivity index is 2.17. The highest BCUT2D eigenvalue weighted by atomic mass is 35.5. The molecule has 5 nitrogen and oxygen atoms in total. The standard InChI is InChI=1S/C15H11Cl2NO4/c1-22-15(21)8-2-4-10(5-3-8)18-14(20)9-6-11(16)13(19)12(17)7-9/h2-7,19H,1H3,(H,18,20). The maximum atomic E-state index is 12.1. The molecule has 0 aromatic heterocycles. The summed E-state index contributed by atoms with van der Waals surface area (Å²) >= 11 is 11.5. The predicted molar refractivity (Wildman–Crippen MR) is 83.9 cm³/mol. The molecule has 0 aliphatic rings. The molecular weight excluding hydrogens is 329 g/mol. The Morgan fingerprint density at radius 2 is 1.59 bits per heavy atom. The number of methoxy groups -OCH3 is 1. The van der Waals surface area contributed by atoms with Crippen molar-refractivity contribution in [1.82, 2.24) is 0 Å². The lowest BCUT2D eigenvalue weighted by Crippen LogP contribution is -2.12. The van der Waals surface area contributed by atoms with E-state index in [0.29, 0.717) is 11.3 Å². The van der Waals surface area contributed by atoms with Crippen LogP contribution in [0.25, 0.3) is 0 Å². The van der Waals surface area contributed by atoms with Gasteiger partial charge in [0.15, 0.2) is 5.75 Å². The Kier molecular flexibility index (Phi) is 4.90. The molecule has 2 N–H and O–H groups in total. The normalized spacial score (nSPS) is 10.1. The first-order chi connectivity index (χ1) is 10.4. The average molecular weight is 340 g/mol. The van der Waals surface area contributed by atoms with Gasteiger partial charge in [0.05, 0.1) is 22.7 Å². The smallest absolute Gasteiger partial charge is 0.337 e. The van der Waals surface area contributed by atoms with Gasteiger partial charge < -0.3 is 15.2 Å². The minimum absolute atomic E-state index is 0.0151. The number of hydrogen-bond acceptors (Lipinski definition) is 4. The van der Waals surface area contributed by atoms with E-state index in [1.807, 2.05) is 0 Å². The highest BCUT2D eigenvalue weighted by Crippen LogP contribution is 2.32. The summed E-state index contributed by atoms with van der Waals surface area (Å²) in [5.41, 5.74) is 1.05. The summed E-state index contributed by atoms with van der Waals surface area (Å²) in [5.74, 6) is -1.19. The van der Waals surface area contributed by atoms with Gasteiger partial charge in [-0.2, -0.15) is 0 Å². The summed E-state index contributed by atoms with van der Waals surface area (Å²) in [7, 11) is 1.29. The maximum Gasteiger partial charge on any atom is 0.337 e. The van der Waals surface area contributed by atoms with Crippen molar-refractivity contribution in [2.45, 2.75) is 0 Å². The van der Waals surface area contributed by atoms with Crippen LogP contribution in [0.1, 0.15) is 20.7 Å². The van der Waals surface area contributed by atoms with E-state index in [1.165, 1.54) is 31.4 Å². The van der Waals surface area contributed by atoms with Gasteiger partial charge in [-0.1, -0.05) is 23.2 Å². The quantitative estimate of drug-likeness (QED) is 0.835. The van der Waals surface area contributed by atoms with Crippen LogP contribution in [-0.4, -0.2) is 24.1 Å². The van der Waals surface area contributed by atoms with Crippen LogP contribution in [0.4, 0.5) is 5.69 Å². The number of benzene rings is 2. The van der Waals surface area contributed by atoms with Crippen molar-refractivity contribution >= 4 is 40.8 Å². The van der Waals surface area contributed by atoms with Crippen molar-refractivity contribution in [1.29, 1.82) is 0 Å². The van der Waals surface area contributed by atoms with E-state index in [-0.39, 0.29) is 21.4 Å². The summed E-state index contributed by atoms with van der Waals surface area (Å²) in [6.45, 7) is 0. The third-order valence-corrected chi connectivity index (χ3v) is 3.42. The molecule has 114 valence electrons. The molecule has 22 heavy (non-hydrogen) atoms. The minimum Gasteiger partial charge on any atom is -0.505 e. The molecule has 0 saturated heterocycles. The molecule has 0 aliphatic carbocycles. The molecule has 2 rings (SSSR count). The van der Waals surface area contributed by atoms with Gasteiger partial charge in [0, 0.05) is 11.3 Å². The highest BCUT2D eigenvalue weighted by molar-refractivity contribution is 6.37. The number of rotatable bonds is 3. The molecule has 0 saturated carbocycles. The highest BCUT2D eigenvalue weighted by Gasteiger charge is 2.13. The molecule has 0 heterocycles. The van der Waals surface area contributed by atoms with Crippen molar-refractivity contribution in [2.75, 3.05) is 12.4 Å². The summed E-state index contributed by atoms with van der Waals surface area (Å²) in [6, 6.07) is 8.79. The topological polar surface area (TPSA) is 75.6 Å². The molecule has 0 atom stereocenters. The van der Waals surface area contributed by atoms with Crippen molar-refractivity contribution in [3.8, 4) is 5.75 Å². The van der Waals surface area contributed by atoms with E-state index in [1.54, 1.807) is 12.1 Å². The molecule has 2 aromatic carbocycles. The van der Waals surface area contributed by atoms with E-state index in [2.05, 4.69) is 10.1 Å². The number of hydrogen-bond donors (Lipinski definition) is 2. The number of phenols is 1. The lowest BCUT2D eigenvalue weighted by molar-refractivity contribution is 0.0600. The molecule has 0 aliphatic heterocycles. The first kappa shape index (κ1) is 16.1. The zero-order valence-corrected chi connectivity index (χ0v) is 12.9. The Labute approximate surface area is 136 Å². The predicted octanol–water partition coefficient (Wildman–Crippen LogP) is 3.74. The number of carbonyl (C=O) groups is 2. The van der Waals surface area contributed by atoms with Crippen molar-refractivity contribution < 1.29 is 19.4 Å².